The third-order valence-corrected chi connectivity index (χ3v) is 2.93. The Balaban J connectivity index is 2.60. The van der Waals surface area contributed by atoms with E-state index in [2.05, 4.69) is 5.32 Å². The molecule has 1 unspecified atom stereocenters. The number of aryl methyl sites for hydroxylation is 1. The largest absolute Gasteiger partial charge is 0.384 e. The van der Waals surface area contributed by atoms with Crippen molar-refractivity contribution < 1.29 is 4.79 Å². The van der Waals surface area contributed by atoms with Gasteiger partial charge in [-0.3, -0.25) is 9.59 Å². The molecule has 0 aromatic carbocycles. The van der Waals surface area contributed by atoms with Crippen LogP contribution in [0.3, 0.4) is 0 Å². The highest BCUT2D eigenvalue weighted by Crippen LogP contribution is 2.24. The number of rotatable bonds is 2. The van der Waals surface area contributed by atoms with Crippen molar-refractivity contribution in [3.63, 3.8) is 0 Å². The van der Waals surface area contributed by atoms with Crippen LogP contribution < -0.4 is 10.9 Å². The van der Waals surface area contributed by atoms with E-state index in [1.165, 1.54) is 6.92 Å². The molecule has 0 spiro atoms. The van der Waals surface area contributed by atoms with Crippen LogP contribution in [0.2, 0.25) is 0 Å². The number of ketones is 1. The maximum atomic E-state index is 12.0. The van der Waals surface area contributed by atoms with E-state index in [1.807, 2.05) is 6.07 Å². The van der Waals surface area contributed by atoms with Gasteiger partial charge in [-0.2, -0.15) is 0 Å². The Morgan fingerprint density at radius 2 is 2.27 bits per heavy atom. The number of aromatic nitrogens is 1. The normalized spacial score (nSPS) is 18.7. The molecule has 80 valence electrons. The molecule has 0 saturated carbocycles. The van der Waals surface area contributed by atoms with Crippen molar-refractivity contribution in [1.82, 2.24) is 4.57 Å². The number of nitrogens with one attached hydrogen (secondary N) is 1. The van der Waals surface area contributed by atoms with Gasteiger partial charge in [0, 0.05) is 12.7 Å². The number of pyridine rings is 1. The highest BCUT2D eigenvalue weighted by molar-refractivity contribution is 5.80. The minimum Gasteiger partial charge on any atom is -0.384 e. The van der Waals surface area contributed by atoms with Crippen molar-refractivity contribution >= 4 is 11.5 Å². The number of hydrogen-bond donors (Lipinski definition) is 1. The zero-order chi connectivity index (χ0) is 11.0. The molecule has 1 aliphatic rings. The highest BCUT2D eigenvalue weighted by Gasteiger charge is 2.27. The van der Waals surface area contributed by atoms with Crippen molar-refractivity contribution in [3.8, 4) is 0 Å². The quantitative estimate of drug-likeness (QED) is 0.784. The van der Waals surface area contributed by atoms with Crippen molar-refractivity contribution in [3.05, 3.63) is 28.2 Å². The molecule has 1 N–H and O–H groups in total. The van der Waals surface area contributed by atoms with Gasteiger partial charge in [-0.1, -0.05) is 0 Å². The standard InChI is InChI=1S/C11H14N2O2/c1-7(14)10-6-4-8-3-5-9(12-2)11(15)13(8)10/h3,5,10,12H,4,6H2,1-2H3. The summed E-state index contributed by atoms with van der Waals surface area (Å²) in [6.45, 7) is 1.54. The number of Topliss-reactive ketones (excluding diaryl/α,β-unsaturated/α-hetero) is 1. The van der Waals surface area contributed by atoms with Crippen LogP contribution in [0.1, 0.15) is 25.1 Å². The van der Waals surface area contributed by atoms with Gasteiger partial charge < -0.3 is 9.88 Å². The van der Waals surface area contributed by atoms with E-state index in [0.717, 1.165) is 18.5 Å². The number of carbonyl (C=O) groups excluding carboxylic acids is 1. The van der Waals surface area contributed by atoms with E-state index in [-0.39, 0.29) is 17.4 Å². The lowest BCUT2D eigenvalue weighted by molar-refractivity contribution is -0.119. The van der Waals surface area contributed by atoms with Gasteiger partial charge in [-0.15, -0.1) is 0 Å². The summed E-state index contributed by atoms with van der Waals surface area (Å²) in [4.78, 5) is 23.3. The summed E-state index contributed by atoms with van der Waals surface area (Å²) in [5, 5.41) is 2.84. The maximum Gasteiger partial charge on any atom is 0.274 e. The van der Waals surface area contributed by atoms with Gasteiger partial charge in [0.15, 0.2) is 5.78 Å². The molecule has 2 heterocycles. The predicted molar refractivity (Wildman–Crippen MR) is 58.3 cm³/mol. The second-order valence-electron chi connectivity index (χ2n) is 3.83. The number of carbonyl (C=O) groups is 1. The van der Waals surface area contributed by atoms with E-state index in [0.29, 0.717) is 5.69 Å². The molecule has 1 aliphatic heterocycles. The Bertz CT molecular complexity index is 462. The molecule has 2 rings (SSSR count). The van der Waals surface area contributed by atoms with Crippen molar-refractivity contribution in [2.24, 2.45) is 0 Å². The Labute approximate surface area is 87.9 Å². The first-order valence-electron chi connectivity index (χ1n) is 5.07. The molecule has 1 atom stereocenters. The molecule has 1 aromatic rings. The van der Waals surface area contributed by atoms with E-state index in [1.54, 1.807) is 17.7 Å². The van der Waals surface area contributed by atoms with Crippen molar-refractivity contribution in [1.29, 1.82) is 0 Å². The third kappa shape index (κ3) is 1.46. The SMILES string of the molecule is CNc1ccc2n(c1=O)C(C(C)=O)CC2. The Morgan fingerprint density at radius 1 is 1.53 bits per heavy atom. The maximum absolute atomic E-state index is 12.0. The summed E-state index contributed by atoms with van der Waals surface area (Å²) >= 11 is 0. The molecule has 4 heteroatoms. The molecule has 15 heavy (non-hydrogen) atoms. The van der Waals surface area contributed by atoms with Crippen LogP contribution in [0.4, 0.5) is 5.69 Å². The molecule has 1 aromatic heterocycles. The molecule has 0 amide bonds. The molecule has 0 saturated heterocycles. The van der Waals surface area contributed by atoms with Crippen LogP contribution in [0.5, 0.6) is 0 Å². The van der Waals surface area contributed by atoms with Crippen LogP contribution in [0.15, 0.2) is 16.9 Å². The van der Waals surface area contributed by atoms with Gasteiger partial charge in [0.1, 0.15) is 5.69 Å². The van der Waals surface area contributed by atoms with Gasteiger partial charge in [-0.05, 0) is 31.9 Å². The average Bonchev–Trinajstić information content (AvgIpc) is 2.63. The van der Waals surface area contributed by atoms with Gasteiger partial charge in [0.2, 0.25) is 0 Å². The summed E-state index contributed by atoms with van der Waals surface area (Å²) < 4.78 is 1.62. The molecular weight excluding hydrogens is 192 g/mol. The molecule has 0 bridgehead atoms. The second-order valence-corrected chi connectivity index (χ2v) is 3.83. The van der Waals surface area contributed by atoms with Gasteiger partial charge >= 0.3 is 0 Å². The fourth-order valence-corrected chi connectivity index (χ4v) is 2.13. The smallest absolute Gasteiger partial charge is 0.274 e. The summed E-state index contributed by atoms with van der Waals surface area (Å²) in [7, 11) is 1.71. The lowest BCUT2D eigenvalue weighted by atomic mass is 10.1. The van der Waals surface area contributed by atoms with Crippen molar-refractivity contribution in [2.45, 2.75) is 25.8 Å². The number of fused-ring (bicyclic) bond motifs is 1. The number of anilines is 1. The van der Waals surface area contributed by atoms with Crippen LogP contribution in [-0.4, -0.2) is 17.4 Å². The summed E-state index contributed by atoms with van der Waals surface area (Å²) in [5.74, 6) is 0.0594. The fraction of sp³-hybridized carbons (Fsp3) is 0.455. The first-order chi connectivity index (χ1) is 7.15. The lowest BCUT2D eigenvalue weighted by Gasteiger charge is -2.12. The van der Waals surface area contributed by atoms with Gasteiger partial charge in [0.05, 0.1) is 6.04 Å². The Morgan fingerprint density at radius 3 is 2.87 bits per heavy atom. The summed E-state index contributed by atoms with van der Waals surface area (Å²) in [6.07, 6.45) is 1.56. The van der Waals surface area contributed by atoms with Crippen molar-refractivity contribution in [2.75, 3.05) is 12.4 Å². The molecule has 4 nitrogen and oxygen atoms in total. The molecule has 0 radical (unpaired) electrons. The van der Waals surface area contributed by atoms with Crippen LogP contribution >= 0.6 is 0 Å². The Hall–Kier alpha value is -1.58. The topological polar surface area (TPSA) is 51.1 Å². The fourth-order valence-electron chi connectivity index (χ4n) is 2.13. The van der Waals surface area contributed by atoms with E-state index in [9.17, 15) is 9.59 Å². The minimum absolute atomic E-state index is 0.0594. The first kappa shape index (κ1) is 9.96. The minimum atomic E-state index is -0.263. The second kappa shape index (κ2) is 3.53. The van der Waals surface area contributed by atoms with E-state index < -0.39 is 0 Å². The lowest BCUT2D eigenvalue weighted by Crippen LogP contribution is -2.28. The van der Waals surface area contributed by atoms with E-state index >= 15 is 0 Å². The zero-order valence-corrected chi connectivity index (χ0v) is 8.91. The molecule has 0 aliphatic carbocycles. The van der Waals surface area contributed by atoms with Crippen LogP contribution in [-0.2, 0) is 11.2 Å². The molecule has 0 fully saturated rings. The monoisotopic (exact) mass is 206 g/mol. The zero-order valence-electron chi connectivity index (χ0n) is 8.91. The average molecular weight is 206 g/mol. The Kier molecular flexibility index (Phi) is 2.34. The van der Waals surface area contributed by atoms with E-state index in [4.69, 9.17) is 0 Å². The van der Waals surface area contributed by atoms with Crippen LogP contribution in [0.25, 0.3) is 0 Å². The number of hydrogen-bond acceptors (Lipinski definition) is 3. The predicted octanol–water partition coefficient (Wildman–Crippen LogP) is 0.966. The first-order valence-corrected chi connectivity index (χ1v) is 5.07. The third-order valence-electron chi connectivity index (χ3n) is 2.93. The van der Waals surface area contributed by atoms with Gasteiger partial charge in [-0.25, -0.2) is 0 Å². The highest BCUT2D eigenvalue weighted by atomic mass is 16.1. The molecular formula is C11H14N2O2. The summed E-state index contributed by atoms with van der Waals surface area (Å²) in [6, 6.07) is 3.42. The number of nitrogens with zero attached hydrogens (tertiary/aromatic N) is 1. The van der Waals surface area contributed by atoms with Gasteiger partial charge in [0.25, 0.3) is 5.56 Å². The summed E-state index contributed by atoms with van der Waals surface area (Å²) in [5.41, 5.74) is 1.42. The van der Waals surface area contributed by atoms with Crippen LogP contribution in [0, 0.1) is 0 Å².